The van der Waals surface area contributed by atoms with Crippen LogP contribution in [0.15, 0.2) is 18.2 Å². The number of hydrogen-bond donors (Lipinski definition) is 2. The molecule has 1 aromatic carbocycles. The van der Waals surface area contributed by atoms with E-state index in [1.54, 1.807) is 0 Å². The Labute approximate surface area is 132 Å². The molecule has 4 heteroatoms. The molecule has 2 fully saturated rings. The summed E-state index contributed by atoms with van der Waals surface area (Å²) in [6, 6.07) is 6.13. The molecule has 0 spiro atoms. The van der Waals surface area contributed by atoms with Crippen molar-refractivity contribution in [3.8, 4) is 0 Å². The molecule has 0 amide bonds. The maximum absolute atomic E-state index is 10.8. The number of nitrogens with zero attached hydrogens (tertiary/aromatic N) is 1. The van der Waals surface area contributed by atoms with E-state index in [0.29, 0.717) is 5.92 Å². The number of nitrogens with one attached hydrogen (secondary N) is 1. The molecule has 0 bridgehead atoms. The Balaban J connectivity index is 1.83. The minimum absolute atomic E-state index is 0.404. The zero-order valence-corrected chi connectivity index (χ0v) is 13.5. The Morgan fingerprint density at radius 2 is 2.24 bits per heavy atom. The van der Waals surface area contributed by atoms with Crippen molar-refractivity contribution >= 4 is 17.3 Å². The molecule has 2 N–H and O–H groups in total. The number of halogens is 1. The summed E-state index contributed by atoms with van der Waals surface area (Å²) in [5.74, 6) is 0.404. The second kappa shape index (κ2) is 6.15. The van der Waals surface area contributed by atoms with Gasteiger partial charge in [0.2, 0.25) is 0 Å². The molecule has 0 radical (unpaired) electrons. The molecule has 1 aromatic rings. The SMILES string of the molecule is CNCc1ccc(Cl)cc1N1CCC2(O)CCCCC2C1. The Morgan fingerprint density at radius 1 is 1.38 bits per heavy atom. The first-order valence-corrected chi connectivity index (χ1v) is 8.40. The number of rotatable bonds is 3. The summed E-state index contributed by atoms with van der Waals surface area (Å²) < 4.78 is 0. The topological polar surface area (TPSA) is 35.5 Å². The molecule has 1 heterocycles. The monoisotopic (exact) mass is 308 g/mol. The third-order valence-electron chi connectivity index (χ3n) is 5.18. The summed E-state index contributed by atoms with van der Waals surface area (Å²) in [5.41, 5.74) is 2.09. The number of anilines is 1. The molecule has 1 saturated carbocycles. The molecule has 2 unspecified atom stereocenters. The maximum Gasteiger partial charge on any atom is 0.0709 e. The lowest BCUT2D eigenvalue weighted by Gasteiger charge is -2.48. The van der Waals surface area contributed by atoms with E-state index in [0.717, 1.165) is 43.9 Å². The lowest BCUT2D eigenvalue weighted by atomic mass is 9.71. The fourth-order valence-electron chi connectivity index (χ4n) is 3.96. The largest absolute Gasteiger partial charge is 0.389 e. The molecule has 2 aliphatic rings. The van der Waals surface area contributed by atoms with Gasteiger partial charge in [0, 0.05) is 36.3 Å². The number of fused-ring (bicyclic) bond motifs is 1. The summed E-state index contributed by atoms with van der Waals surface area (Å²) in [7, 11) is 1.97. The van der Waals surface area contributed by atoms with Crippen LogP contribution >= 0.6 is 11.6 Å². The molecule has 116 valence electrons. The van der Waals surface area contributed by atoms with Crippen molar-refractivity contribution in [3.05, 3.63) is 28.8 Å². The van der Waals surface area contributed by atoms with Crippen LogP contribution < -0.4 is 10.2 Å². The van der Waals surface area contributed by atoms with E-state index in [2.05, 4.69) is 22.3 Å². The average Bonchev–Trinajstić information content (AvgIpc) is 2.48. The highest BCUT2D eigenvalue weighted by molar-refractivity contribution is 6.30. The standard InChI is InChI=1S/C17H25ClN2O/c1-19-11-13-5-6-15(18)10-16(13)20-9-8-17(21)7-3-2-4-14(17)12-20/h5-6,10,14,19,21H,2-4,7-9,11-12H2,1H3. The third-order valence-corrected chi connectivity index (χ3v) is 5.42. The van der Waals surface area contributed by atoms with Crippen molar-refractivity contribution in [3.63, 3.8) is 0 Å². The second-order valence-electron chi connectivity index (χ2n) is 6.55. The van der Waals surface area contributed by atoms with Gasteiger partial charge in [-0.3, -0.25) is 0 Å². The summed E-state index contributed by atoms with van der Waals surface area (Å²) in [6.07, 6.45) is 5.43. The van der Waals surface area contributed by atoms with Crippen LogP contribution in [0.25, 0.3) is 0 Å². The molecule has 3 rings (SSSR count). The van der Waals surface area contributed by atoms with E-state index in [4.69, 9.17) is 11.6 Å². The highest BCUT2D eigenvalue weighted by Gasteiger charge is 2.42. The van der Waals surface area contributed by atoms with Gasteiger partial charge in [-0.1, -0.05) is 30.5 Å². The first kappa shape index (κ1) is 15.1. The lowest BCUT2D eigenvalue weighted by Crippen LogP contribution is -2.53. The number of hydrogen-bond acceptors (Lipinski definition) is 3. The average molecular weight is 309 g/mol. The van der Waals surface area contributed by atoms with Crippen LogP contribution in [0, 0.1) is 5.92 Å². The van der Waals surface area contributed by atoms with Gasteiger partial charge >= 0.3 is 0 Å². The molecule has 1 saturated heterocycles. The van der Waals surface area contributed by atoms with Gasteiger partial charge in [-0.2, -0.15) is 0 Å². The van der Waals surface area contributed by atoms with E-state index in [1.807, 2.05) is 13.1 Å². The highest BCUT2D eigenvalue weighted by Crippen LogP contribution is 2.41. The zero-order chi connectivity index (χ0) is 14.9. The van der Waals surface area contributed by atoms with Crippen molar-refractivity contribution in [2.45, 2.75) is 44.2 Å². The molecule has 3 nitrogen and oxygen atoms in total. The van der Waals surface area contributed by atoms with E-state index >= 15 is 0 Å². The number of aliphatic hydroxyl groups is 1. The van der Waals surface area contributed by atoms with E-state index in [-0.39, 0.29) is 0 Å². The molecular weight excluding hydrogens is 284 g/mol. The van der Waals surface area contributed by atoms with Crippen molar-refractivity contribution < 1.29 is 5.11 Å². The number of piperidine rings is 1. The quantitative estimate of drug-likeness (QED) is 0.900. The van der Waals surface area contributed by atoms with Gasteiger partial charge < -0.3 is 15.3 Å². The number of benzene rings is 1. The van der Waals surface area contributed by atoms with Crippen molar-refractivity contribution in [2.75, 3.05) is 25.0 Å². The van der Waals surface area contributed by atoms with Gasteiger partial charge in [-0.05, 0) is 44.0 Å². The first-order valence-electron chi connectivity index (χ1n) is 8.03. The van der Waals surface area contributed by atoms with Gasteiger partial charge in [0.15, 0.2) is 0 Å². The summed E-state index contributed by atoms with van der Waals surface area (Å²) in [5, 5.41) is 14.8. The van der Waals surface area contributed by atoms with Crippen LogP contribution in [-0.2, 0) is 6.54 Å². The molecular formula is C17H25ClN2O. The predicted molar refractivity (Wildman–Crippen MR) is 88.0 cm³/mol. The fourth-order valence-corrected chi connectivity index (χ4v) is 4.13. The summed E-state index contributed by atoms with van der Waals surface area (Å²) in [6.45, 7) is 2.72. The lowest BCUT2D eigenvalue weighted by molar-refractivity contribution is -0.0612. The Kier molecular flexibility index (Phi) is 4.43. The van der Waals surface area contributed by atoms with E-state index < -0.39 is 5.60 Å². The molecule has 2 atom stereocenters. The summed E-state index contributed by atoms with van der Waals surface area (Å²) >= 11 is 6.20. The van der Waals surface area contributed by atoms with Crippen LogP contribution in [0.4, 0.5) is 5.69 Å². The van der Waals surface area contributed by atoms with Crippen molar-refractivity contribution in [2.24, 2.45) is 5.92 Å². The third kappa shape index (κ3) is 3.05. The van der Waals surface area contributed by atoms with Crippen LogP contribution in [0.1, 0.15) is 37.7 Å². The van der Waals surface area contributed by atoms with Gasteiger partial charge in [0.25, 0.3) is 0 Å². The molecule has 1 aliphatic heterocycles. The smallest absolute Gasteiger partial charge is 0.0709 e. The summed E-state index contributed by atoms with van der Waals surface area (Å²) in [4.78, 5) is 2.42. The highest BCUT2D eigenvalue weighted by atomic mass is 35.5. The first-order chi connectivity index (χ1) is 10.1. The molecule has 0 aromatic heterocycles. The molecule has 1 aliphatic carbocycles. The second-order valence-corrected chi connectivity index (χ2v) is 6.98. The van der Waals surface area contributed by atoms with Gasteiger partial charge in [0.1, 0.15) is 0 Å². The van der Waals surface area contributed by atoms with E-state index in [9.17, 15) is 5.11 Å². The van der Waals surface area contributed by atoms with Gasteiger partial charge in [0.05, 0.1) is 5.60 Å². The van der Waals surface area contributed by atoms with Gasteiger partial charge in [-0.25, -0.2) is 0 Å². The normalized spacial score (nSPS) is 29.3. The van der Waals surface area contributed by atoms with E-state index in [1.165, 1.54) is 24.1 Å². The van der Waals surface area contributed by atoms with Crippen LogP contribution in [-0.4, -0.2) is 30.8 Å². The van der Waals surface area contributed by atoms with Crippen LogP contribution in [0.3, 0.4) is 0 Å². The Morgan fingerprint density at radius 3 is 3.05 bits per heavy atom. The molecule has 21 heavy (non-hydrogen) atoms. The predicted octanol–water partition coefficient (Wildman–Crippen LogP) is 3.19. The fraction of sp³-hybridized carbons (Fsp3) is 0.647. The van der Waals surface area contributed by atoms with Gasteiger partial charge in [-0.15, -0.1) is 0 Å². The zero-order valence-electron chi connectivity index (χ0n) is 12.7. The Bertz CT molecular complexity index is 508. The van der Waals surface area contributed by atoms with Crippen molar-refractivity contribution in [1.29, 1.82) is 0 Å². The Hall–Kier alpha value is -0.770. The van der Waals surface area contributed by atoms with Crippen LogP contribution in [0.2, 0.25) is 5.02 Å². The van der Waals surface area contributed by atoms with Crippen molar-refractivity contribution in [1.82, 2.24) is 5.32 Å². The van der Waals surface area contributed by atoms with Crippen LogP contribution in [0.5, 0.6) is 0 Å². The maximum atomic E-state index is 10.8. The minimum atomic E-state index is -0.420. The minimum Gasteiger partial charge on any atom is -0.389 e.